The summed E-state index contributed by atoms with van der Waals surface area (Å²) in [4.78, 5) is 24.2. The molecule has 8 nitrogen and oxygen atoms in total. The van der Waals surface area contributed by atoms with Crippen molar-refractivity contribution in [3.63, 3.8) is 0 Å². The lowest BCUT2D eigenvalue weighted by molar-refractivity contribution is -0.113. The largest absolute Gasteiger partial charge is 0.444 e. The molecule has 0 saturated carbocycles. The van der Waals surface area contributed by atoms with Crippen LogP contribution in [-0.2, 0) is 19.4 Å². The minimum atomic E-state index is -3.94. The zero-order valence-electron chi connectivity index (χ0n) is 21.5. The highest BCUT2D eigenvalue weighted by molar-refractivity contribution is 9.09. The Morgan fingerprint density at radius 2 is 1.84 bits per heavy atom. The summed E-state index contributed by atoms with van der Waals surface area (Å²) in [7, 11) is -3.94. The third-order valence-electron chi connectivity index (χ3n) is 5.10. The summed E-state index contributed by atoms with van der Waals surface area (Å²) >= 11 is 5.49. The van der Waals surface area contributed by atoms with Crippen LogP contribution in [0.3, 0.4) is 0 Å². The highest BCUT2D eigenvalue weighted by atomic mass is 79.9. The van der Waals surface area contributed by atoms with Crippen LogP contribution in [0.15, 0.2) is 62.5 Å². The van der Waals surface area contributed by atoms with Gasteiger partial charge in [0.1, 0.15) is 11.4 Å². The number of amides is 2. The van der Waals surface area contributed by atoms with Gasteiger partial charge in [0.25, 0.3) is 0 Å². The number of hydrogen-bond donors (Lipinski definition) is 3. The summed E-state index contributed by atoms with van der Waals surface area (Å²) in [6.45, 7) is 7.03. The number of carbonyl (C=O) groups is 2. The van der Waals surface area contributed by atoms with Gasteiger partial charge in [-0.3, -0.25) is 15.5 Å². The van der Waals surface area contributed by atoms with E-state index in [1.54, 1.807) is 45.2 Å². The molecule has 3 rings (SSSR count). The SMILES string of the molecule is CSc1sc(C(=N)NC(=O)OC(C)(C)C)cc1S(=O)(=O)c1cccc(-c2ccc(NC(=O)CBr)cc2C)c1. The first-order valence-corrected chi connectivity index (χ1v) is 16.0. The number of rotatable bonds is 7. The van der Waals surface area contributed by atoms with Crippen LogP contribution in [0.5, 0.6) is 0 Å². The van der Waals surface area contributed by atoms with Crippen LogP contribution in [-0.4, -0.2) is 43.4 Å². The van der Waals surface area contributed by atoms with E-state index in [0.29, 0.717) is 20.3 Å². The second-order valence-electron chi connectivity index (χ2n) is 9.21. The maximum absolute atomic E-state index is 13.7. The first-order valence-electron chi connectivity index (χ1n) is 11.3. The average molecular weight is 639 g/mol. The van der Waals surface area contributed by atoms with E-state index >= 15 is 0 Å². The summed E-state index contributed by atoms with van der Waals surface area (Å²) in [5.41, 5.74) is 2.33. The Balaban J connectivity index is 1.93. The third kappa shape index (κ3) is 7.25. The molecule has 3 aromatic rings. The van der Waals surface area contributed by atoms with Crippen molar-refractivity contribution in [2.24, 2.45) is 0 Å². The number of benzene rings is 2. The fourth-order valence-electron chi connectivity index (χ4n) is 3.50. The smallest absolute Gasteiger partial charge is 0.413 e. The Bertz CT molecular complexity index is 1490. The molecule has 202 valence electrons. The van der Waals surface area contributed by atoms with Crippen LogP contribution in [0.1, 0.15) is 31.2 Å². The number of anilines is 1. The average Bonchev–Trinajstić information content (AvgIpc) is 3.28. The molecule has 0 atom stereocenters. The van der Waals surface area contributed by atoms with Crippen LogP contribution in [0, 0.1) is 12.3 Å². The van der Waals surface area contributed by atoms with Crippen molar-refractivity contribution >= 4 is 72.4 Å². The number of thiophene rings is 1. The van der Waals surface area contributed by atoms with Crippen LogP contribution < -0.4 is 10.6 Å². The Kier molecular flexibility index (Phi) is 9.45. The monoisotopic (exact) mass is 637 g/mol. The molecule has 1 aromatic heterocycles. The van der Waals surface area contributed by atoms with Crippen molar-refractivity contribution in [1.29, 1.82) is 5.41 Å². The normalized spacial score (nSPS) is 11.6. The molecule has 12 heteroatoms. The van der Waals surface area contributed by atoms with E-state index < -0.39 is 21.5 Å². The van der Waals surface area contributed by atoms with E-state index in [0.717, 1.165) is 22.5 Å². The third-order valence-corrected chi connectivity index (χ3v) is 9.93. The summed E-state index contributed by atoms with van der Waals surface area (Å²) in [5, 5.41) is 13.6. The fraction of sp³-hybridized carbons (Fsp3) is 0.269. The van der Waals surface area contributed by atoms with Gasteiger partial charge >= 0.3 is 6.09 Å². The van der Waals surface area contributed by atoms with Gasteiger partial charge in [-0.05, 0) is 81.0 Å². The Morgan fingerprint density at radius 3 is 2.45 bits per heavy atom. The number of alkyl carbamates (subject to hydrolysis) is 1. The summed E-state index contributed by atoms with van der Waals surface area (Å²) in [6.07, 6.45) is 0.974. The van der Waals surface area contributed by atoms with Gasteiger partial charge in [0.05, 0.1) is 24.2 Å². The molecule has 0 spiro atoms. The lowest BCUT2D eigenvalue weighted by atomic mass is 10.00. The van der Waals surface area contributed by atoms with E-state index in [1.165, 1.54) is 23.9 Å². The maximum Gasteiger partial charge on any atom is 0.413 e. The summed E-state index contributed by atoms with van der Waals surface area (Å²) in [6, 6.07) is 13.5. The minimum absolute atomic E-state index is 0.0717. The van der Waals surface area contributed by atoms with Crippen molar-refractivity contribution in [3.8, 4) is 11.1 Å². The number of ether oxygens (including phenoxy) is 1. The topological polar surface area (TPSA) is 125 Å². The molecule has 38 heavy (non-hydrogen) atoms. The van der Waals surface area contributed by atoms with E-state index in [2.05, 4.69) is 26.6 Å². The summed E-state index contributed by atoms with van der Waals surface area (Å²) in [5.74, 6) is -0.406. The van der Waals surface area contributed by atoms with E-state index in [9.17, 15) is 18.0 Å². The van der Waals surface area contributed by atoms with Crippen LogP contribution in [0.4, 0.5) is 10.5 Å². The number of carbonyl (C=O) groups excluding carboxylic acids is 2. The standard InChI is InChI=1S/C26H28BrN3O5S3/c1-15-11-17(29-22(31)14-27)9-10-19(15)16-7-6-8-18(12-16)38(33,34)21-13-20(37-24(21)36-5)23(28)30-25(32)35-26(2,3)4/h6-13H,14H2,1-5H3,(H,29,31)(H2,28,30,32). The van der Waals surface area contributed by atoms with Gasteiger partial charge in [0, 0.05) is 5.69 Å². The van der Waals surface area contributed by atoms with Gasteiger partial charge in [-0.1, -0.05) is 34.1 Å². The number of aryl methyl sites for hydroxylation is 1. The molecule has 0 radical (unpaired) electrons. The lowest BCUT2D eigenvalue weighted by Crippen LogP contribution is -2.36. The molecule has 0 aliphatic heterocycles. The van der Waals surface area contributed by atoms with Crippen molar-refractivity contribution in [2.45, 2.75) is 47.3 Å². The van der Waals surface area contributed by atoms with Crippen molar-refractivity contribution in [2.75, 3.05) is 16.9 Å². The number of hydrogen-bond acceptors (Lipinski definition) is 8. The quantitative estimate of drug-likeness (QED) is 0.118. The number of amidine groups is 1. The van der Waals surface area contributed by atoms with Gasteiger partial charge in [0.15, 0.2) is 0 Å². The number of halogens is 1. The molecule has 2 aromatic carbocycles. The summed E-state index contributed by atoms with van der Waals surface area (Å²) < 4.78 is 33.1. The Hall–Kier alpha value is -2.67. The van der Waals surface area contributed by atoms with Crippen LogP contribution >= 0.6 is 39.0 Å². The predicted octanol–water partition coefficient (Wildman–Crippen LogP) is 6.46. The van der Waals surface area contributed by atoms with Crippen LogP contribution in [0.2, 0.25) is 0 Å². The first-order chi connectivity index (χ1) is 17.7. The molecule has 1 heterocycles. The highest BCUT2D eigenvalue weighted by Crippen LogP contribution is 2.38. The zero-order valence-corrected chi connectivity index (χ0v) is 25.5. The number of thioether (sulfide) groups is 1. The molecule has 0 bridgehead atoms. The predicted molar refractivity (Wildman–Crippen MR) is 157 cm³/mol. The molecular formula is C26H28BrN3O5S3. The molecular weight excluding hydrogens is 610 g/mol. The van der Waals surface area contributed by atoms with Crippen molar-refractivity contribution in [1.82, 2.24) is 5.32 Å². The molecule has 0 saturated heterocycles. The van der Waals surface area contributed by atoms with E-state index in [1.807, 2.05) is 25.1 Å². The molecule has 0 aliphatic carbocycles. The van der Waals surface area contributed by atoms with Crippen LogP contribution in [0.25, 0.3) is 11.1 Å². The second kappa shape index (κ2) is 12.0. The number of sulfone groups is 1. The lowest BCUT2D eigenvalue weighted by Gasteiger charge is -2.19. The fourth-order valence-corrected chi connectivity index (χ4v) is 7.58. The molecule has 0 fully saturated rings. The van der Waals surface area contributed by atoms with Gasteiger partial charge in [-0.25, -0.2) is 13.2 Å². The first kappa shape index (κ1) is 29.9. The van der Waals surface area contributed by atoms with Gasteiger partial charge in [0.2, 0.25) is 15.7 Å². The van der Waals surface area contributed by atoms with E-state index in [-0.39, 0.29) is 26.9 Å². The minimum Gasteiger partial charge on any atom is -0.444 e. The molecule has 0 unspecified atom stereocenters. The van der Waals surface area contributed by atoms with Crippen molar-refractivity contribution in [3.05, 3.63) is 59.0 Å². The second-order valence-corrected chi connectivity index (χ2v) is 13.8. The van der Waals surface area contributed by atoms with Crippen molar-refractivity contribution < 1.29 is 22.7 Å². The van der Waals surface area contributed by atoms with Gasteiger partial charge in [-0.15, -0.1) is 23.1 Å². The number of alkyl halides is 1. The van der Waals surface area contributed by atoms with Gasteiger partial charge in [-0.2, -0.15) is 0 Å². The zero-order chi connectivity index (χ0) is 28.3. The molecule has 0 aliphatic rings. The Labute approximate surface area is 239 Å². The van der Waals surface area contributed by atoms with Gasteiger partial charge < -0.3 is 10.1 Å². The molecule has 2 amide bonds. The highest BCUT2D eigenvalue weighted by Gasteiger charge is 2.27. The maximum atomic E-state index is 13.7. The molecule has 3 N–H and O–H groups in total. The van der Waals surface area contributed by atoms with E-state index in [4.69, 9.17) is 10.1 Å². The Morgan fingerprint density at radius 1 is 1.13 bits per heavy atom. The number of nitrogens with one attached hydrogen (secondary N) is 3.